The van der Waals surface area contributed by atoms with Crippen LogP contribution < -0.4 is 10.1 Å². The van der Waals surface area contributed by atoms with E-state index in [-0.39, 0.29) is 0 Å². The number of aromatic nitrogens is 2. The molecule has 1 aliphatic rings. The smallest absolute Gasteiger partial charge is 0.216 e. The average molecular weight is 265 g/mol. The summed E-state index contributed by atoms with van der Waals surface area (Å²) in [6.45, 7) is 6.40. The molecule has 1 heterocycles. The molecule has 2 atom stereocenters. The highest BCUT2D eigenvalue weighted by molar-refractivity contribution is 5.30. The third-order valence-electron chi connectivity index (χ3n) is 4.48. The second-order valence-electron chi connectivity index (χ2n) is 5.85. The van der Waals surface area contributed by atoms with Gasteiger partial charge in [0.05, 0.1) is 18.4 Å². The van der Waals surface area contributed by atoms with E-state index < -0.39 is 0 Å². The molecule has 0 bridgehead atoms. The van der Waals surface area contributed by atoms with E-state index in [4.69, 9.17) is 4.74 Å². The molecule has 0 amide bonds. The van der Waals surface area contributed by atoms with Crippen LogP contribution in [0, 0.1) is 18.8 Å². The highest BCUT2D eigenvalue weighted by Gasteiger charge is 2.21. The van der Waals surface area contributed by atoms with Gasteiger partial charge >= 0.3 is 0 Å². The fraction of sp³-hybridized carbons (Fsp3) is 0.800. The lowest BCUT2D eigenvalue weighted by molar-refractivity contribution is 0.247. The predicted octanol–water partition coefficient (Wildman–Crippen LogP) is 2.65. The normalized spacial score (nSPS) is 23.6. The summed E-state index contributed by atoms with van der Waals surface area (Å²) in [6.07, 6.45) is 5.57. The van der Waals surface area contributed by atoms with Gasteiger partial charge in [-0.25, -0.2) is 4.68 Å². The zero-order chi connectivity index (χ0) is 13.8. The van der Waals surface area contributed by atoms with Crippen molar-refractivity contribution in [3.8, 4) is 5.88 Å². The fourth-order valence-electron chi connectivity index (χ4n) is 3.22. The number of rotatable bonds is 5. The van der Waals surface area contributed by atoms with Crippen molar-refractivity contribution in [1.29, 1.82) is 0 Å². The molecular formula is C15H27N3O. The Bertz CT molecular complexity index is 414. The van der Waals surface area contributed by atoms with Gasteiger partial charge in [0.1, 0.15) is 0 Å². The van der Waals surface area contributed by atoms with Crippen LogP contribution in [0.15, 0.2) is 0 Å². The third kappa shape index (κ3) is 3.30. The van der Waals surface area contributed by atoms with Crippen LogP contribution in [-0.2, 0) is 13.6 Å². The van der Waals surface area contributed by atoms with Crippen LogP contribution in [0.3, 0.4) is 0 Å². The first-order chi connectivity index (χ1) is 9.13. The Morgan fingerprint density at radius 3 is 2.79 bits per heavy atom. The third-order valence-corrected chi connectivity index (χ3v) is 4.48. The van der Waals surface area contributed by atoms with Gasteiger partial charge < -0.3 is 10.1 Å². The highest BCUT2D eigenvalue weighted by Crippen LogP contribution is 2.29. The fourth-order valence-corrected chi connectivity index (χ4v) is 3.22. The molecule has 2 unspecified atom stereocenters. The van der Waals surface area contributed by atoms with Crippen LogP contribution in [0.5, 0.6) is 5.88 Å². The molecule has 1 saturated carbocycles. The van der Waals surface area contributed by atoms with Crippen LogP contribution in [0.25, 0.3) is 0 Å². The van der Waals surface area contributed by atoms with E-state index in [1.807, 2.05) is 18.7 Å². The largest absolute Gasteiger partial charge is 0.481 e. The lowest BCUT2D eigenvalue weighted by Crippen LogP contribution is -2.29. The zero-order valence-corrected chi connectivity index (χ0v) is 12.7. The van der Waals surface area contributed by atoms with E-state index in [2.05, 4.69) is 17.3 Å². The molecule has 4 heteroatoms. The number of hydrogen-bond donors (Lipinski definition) is 1. The Hall–Kier alpha value is -1.03. The average Bonchev–Trinajstić information content (AvgIpc) is 2.66. The van der Waals surface area contributed by atoms with Crippen molar-refractivity contribution < 1.29 is 4.74 Å². The maximum absolute atomic E-state index is 5.42. The highest BCUT2D eigenvalue weighted by atomic mass is 16.5. The standard InChI is InChI=1S/C15H27N3O/c1-11-7-5-6-8-13(11)9-16-10-14-12(2)17-18(3)15(14)19-4/h11,13,16H,5-10H2,1-4H3. The van der Waals surface area contributed by atoms with Crippen LogP contribution >= 0.6 is 0 Å². The second-order valence-corrected chi connectivity index (χ2v) is 5.85. The molecule has 0 aliphatic heterocycles. The van der Waals surface area contributed by atoms with Gasteiger partial charge in [-0.2, -0.15) is 5.10 Å². The summed E-state index contributed by atoms with van der Waals surface area (Å²) < 4.78 is 7.24. The van der Waals surface area contributed by atoms with Crippen molar-refractivity contribution in [2.75, 3.05) is 13.7 Å². The Morgan fingerprint density at radius 2 is 2.11 bits per heavy atom. The van der Waals surface area contributed by atoms with E-state index in [9.17, 15) is 0 Å². The van der Waals surface area contributed by atoms with E-state index in [1.165, 1.54) is 31.2 Å². The van der Waals surface area contributed by atoms with Crippen LogP contribution in [0.2, 0.25) is 0 Å². The van der Waals surface area contributed by atoms with E-state index >= 15 is 0 Å². The topological polar surface area (TPSA) is 39.1 Å². The molecule has 1 N–H and O–H groups in total. The minimum atomic E-state index is 0.830. The Kier molecular flexibility index (Phi) is 4.86. The molecule has 19 heavy (non-hydrogen) atoms. The second kappa shape index (κ2) is 6.42. The van der Waals surface area contributed by atoms with Crippen molar-refractivity contribution in [3.63, 3.8) is 0 Å². The first-order valence-electron chi connectivity index (χ1n) is 7.40. The monoisotopic (exact) mass is 265 g/mol. The van der Waals surface area contributed by atoms with E-state index in [1.54, 1.807) is 7.11 Å². The summed E-state index contributed by atoms with van der Waals surface area (Å²) in [7, 11) is 3.64. The van der Waals surface area contributed by atoms with Gasteiger partial charge in [-0.3, -0.25) is 0 Å². The van der Waals surface area contributed by atoms with Crippen LogP contribution in [0.4, 0.5) is 0 Å². The molecule has 1 aromatic rings. The Balaban J connectivity index is 1.88. The minimum Gasteiger partial charge on any atom is -0.481 e. The van der Waals surface area contributed by atoms with Crippen molar-refractivity contribution in [2.45, 2.75) is 46.1 Å². The van der Waals surface area contributed by atoms with Gasteiger partial charge in [-0.05, 0) is 31.7 Å². The van der Waals surface area contributed by atoms with Crippen molar-refractivity contribution in [3.05, 3.63) is 11.3 Å². The molecule has 0 saturated heterocycles. The number of nitrogens with one attached hydrogen (secondary N) is 1. The quantitative estimate of drug-likeness (QED) is 0.889. The van der Waals surface area contributed by atoms with Gasteiger partial charge in [0, 0.05) is 13.6 Å². The van der Waals surface area contributed by atoms with E-state index in [0.29, 0.717) is 0 Å². The maximum Gasteiger partial charge on any atom is 0.216 e. The van der Waals surface area contributed by atoms with Gasteiger partial charge in [-0.15, -0.1) is 0 Å². The number of methoxy groups -OCH3 is 1. The van der Waals surface area contributed by atoms with Gasteiger partial charge in [0.25, 0.3) is 0 Å². The summed E-state index contributed by atoms with van der Waals surface area (Å²) in [4.78, 5) is 0. The molecule has 2 rings (SSSR count). The predicted molar refractivity (Wildman–Crippen MR) is 77.3 cm³/mol. The summed E-state index contributed by atoms with van der Waals surface area (Å²) in [5, 5.41) is 8.01. The maximum atomic E-state index is 5.42. The van der Waals surface area contributed by atoms with Crippen molar-refractivity contribution in [1.82, 2.24) is 15.1 Å². The van der Waals surface area contributed by atoms with Gasteiger partial charge in [0.15, 0.2) is 0 Å². The number of aryl methyl sites for hydroxylation is 2. The number of nitrogens with zero attached hydrogens (tertiary/aromatic N) is 2. The van der Waals surface area contributed by atoms with E-state index in [0.717, 1.165) is 36.5 Å². The Labute approximate surface area is 116 Å². The lowest BCUT2D eigenvalue weighted by Gasteiger charge is -2.28. The van der Waals surface area contributed by atoms with Crippen LogP contribution in [-0.4, -0.2) is 23.4 Å². The van der Waals surface area contributed by atoms with Crippen molar-refractivity contribution >= 4 is 0 Å². The molecule has 4 nitrogen and oxygen atoms in total. The minimum absolute atomic E-state index is 0.830. The molecule has 108 valence electrons. The summed E-state index contributed by atoms with van der Waals surface area (Å²) in [5.41, 5.74) is 2.25. The molecule has 1 aromatic heterocycles. The molecular weight excluding hydrogens is 238 g/mol. The molecule has 1 aliphatic carbocycles. The molecule has 0 spiro atoms. The summed E-state index contributed by atoms with van der Waals surface area (Å²) in [6, 6.07) is 0. The molecule has 0 radical (unpaired) electrons. The van der Waals surface area contributed by atoms with Crippen LogP contribution in [0.1, 0.15) is 43.9 Å². The molecule has 1 fully saturated rings. The summed E-state index contributed by atoms with van der Waals surface area (Å²) in [5.74, 6) is 2.57. The lowest BCUT2D eigenvalue weighted by atomic mass is 9.80. The number of hydrogen-bond acceptors (Lipinski definition) is 3. The zero-order valence-electron chi connectivity index (χ0n) is 12.7. The van der Waals surface area contributed by atoms with Crippen molar-refractivity contribution in [2.24, 2.45) is 18.9 Å². The van der Waals surface area contributed by atoms with Gasteiger partial charge in [0.2, 0.25) is 5.88 Å². The first-order valence-corrected chi connectivity index (χ1v) is 7.40. The summed E-state index contributed by atoms with van der Waals surface area (Å²) >= 11 is 0. The number of ether oxygens (including phenoxy) is 1. The SMILES string of the molecule is COc1c(CNCC2CCCCC2C)c(C)nn1C. The first kappa shape index (κ1) is 14.4. The van der Waals surface area contributed by atoms with Gasteiger partial charge in [-0.1, -0.05) is 26.2 Å². The Morgan fingerprint density at radius 1 is 1.37 bits per heavy atom. The molecule has 0 aromatic carbocycles.